The number of likely N-dealkylation sites (tertiary alicyclic amines) is 1. The molecule has 2 unspecified atom stereocenters. The lowest BCUT2D eigenvalue weighted by Gasteiger charge is -2.32. The Labute approximate surface area is 122 Å². The summed E-state index contributed by atoms with van der Waals surface area (Å²) in [5, 5.41) is 13.4. The van der Waals surface area contributed by atoms with E-state index in [0.717, 1.165) is 19.1 Å². The van der Waals surface area contributed by atoms with Crippen LogP contribution in [0.5, 0.6) is 0 Å². The van der Waals surface area contributed by atoms with Gasteiger partial charge in [-0.05, 0) is 50.8 Å². The molecule has 0 amide bonds. The van der Waals surface area contributed by atoms with E-state index >= 15 is 0 Å². The number of nitrogens with zero attached hydrogens (tertiary/aromatic N) is 1. The van der Waals surface area contributed by atoms with Crippen molar-refractivity contribution in [2.75, 3.05) is 19.7 Å². The largest absolute Gasteiger partial charge is 0.395 e. The van der Waals surface area contributed by atoms with Crippen molar-refractivity contribution in [3.63, 3.8) is 0 Å². The molecular formula is C17H26N2O. The molecule has 110 valence electrons. The molecule has 2 aliphatic rings. The number of rotatable bonds is 6. The van der Waals surface area contributed by atoms with Gasteiger partial charge in [-0.3, -0.25) is 4.90 Å². The minimum atomic E-state index is 0.272. The Balaban J connectivity index is 1.63. The van der Waals surface area contributed by atoms with Crippen LogP contribution in [-0.4, -0.2) is 41.8 Å². The molecule has 2 fully saturated rings. The molecule has 0 aromatic heterocycles. The van der Waals surface area contributed by atoms with Gasteiger partial charge in [0.2, 0.25) is 0 Å². The Morgan fingerprint density at radius 1 is 1.25 bits per heavy atom. The number of hydrogen-bond acceptors (Lipinski definition) is 3. The number of hydrogen-bond donors (Lipinski definition) is 2. The Hall–Kier alpha value is -0.900. The number of nitrogens with one attached hydrogen (secondary N) is 1. The maximum absolute atomic E-state index is 9.81. The molecule has 0 spiro atoms. The maximum atomic E-state index is 9.81. The van der Waals surface area contributed by atoms with Crippen LogP contribution >= 0.6 is 0 Å². The first kappa shape index (κ1) is 14.1. The van der Waals surface area contributed by atoms with Gasteiger partial charge in [0.25, 0.3) is 0 Å². The number of aliphatic hydroxyl groups is 1. The van der Waals surface area contributed by atoms with Gasteiger partial charge in [0, 0.05) is 18.1 Å². The molecule has 0 bridgehead atoms. The van der Waals surface area contributed by atoms with Crippen molar-refractivity contribution in [3.8, 4) is 0 Å². The Morgan fingerprint density at radius 3 is 2.65 bits per heavy atom. The summed E-state index contributed by atoms with van der Waals surface area (Å²) >= 11 is 0. The van der Waals surface area contributed by atoms with Gasteiger partial charge < -0.3 is 10.4 Å². The van der Waals surface area contributed by atoms with Gasteiger partial charge in [0.1, 0.15) is 0 Å². The Bertz CT molecular complexity index is 418. The minimum Gasteiger partial charge on any atom is -0.395 e. The average molecular weight is 274 g/mol. The van der Waals surface area contributed by atoms with Crippen molar-refractivity contribution in [1.82, 2.24) is 10.2 Å². The topological polar surface area (TPSA) is 35.5 Å². The highest BCUT2D eigenvalue weighted by atomic mass is 16.3. The second kappa shape index (κ2) is 6.25. The fourth-order valence-electron chi connectivity index (χ4n) is 3.45. The number of benzene rings is 1. The summed E-state index contributed by atoms with van der Waals surface area (Å²) in [6, 6.07) is 12.1. The molecule has 1 aromatic rings. The van der Waals surface area contributed by atoms with Crippen molar-refractivity contribution < 1.29 is 5.11 Å². The smallest absolute Gasteiger partial charge is 0.0590 e. The SMILES string of the molecule is C[C@@H](c1ccccc1)N1CCC(CNC2CC2)C1CO. The van der Waals surface area contributed by atoms with Crippen LogP contribution in [0, 0.1) is 5.92 Å². The van der Waals surface area contributed by atoms with Crippen LogP contribution in [0.25, 0.3) is 0 Å². The van der Waals surface area contributed by atoms with Gasteiger partial charge >= 0.3 is 0 Å². The van der Waals surface area contributed by atoms with Crippen LogP contribution < -0.4 is 5.32 Å². The first-order valence-electron chi connectivity index (χ1n) is 7.94. The van der Waals surface area contributed by atoms with E-state index in [4.69, 9.17) is 0 Å². The zero-order chi connectivity index (χ0) is 13.9. The van der Waals surface area contributed by atoms with E-state index in [0.29, 0.717) is 18.0 Å². The first-order chi connectivity index (χ1) is 9.79. The third kappa shape index (κ3) is 3.05. The van der Waals surface area contributed by atoms with Gasteiger partial charge in [-0.25, -0.2) is 0 Å². The lowest BCUT2D eigenvalue weighted by atomic mass is 9.99. The summed E-state index contributed by atoms with van der Waals surface area (Å²) in [7, 11) is 0. The highest BCUT2D eigenvalue weighted by Gasteiger charge is 2.37. The summed E-state index contributed by atoms with van der Waals surface area (Å²) in [5.41, 5.74) is 1.35. The summed E-state index contributed by atoms with van der Waals surface area (Å²) in [4.78, 5) is 2.48. The van der Waals surface area contributed by atoms with Crippen molar-refractivity contribution in [2.45, 2.75) is 44.3 Å². The van der Waals surface area contributed by atoms with Crippen molar-refractivity contribution in [3.05, 3.63) is 35.9 Å². The molecule has 1 aromatic carbocycles. The second-order valence-electron chi connectivity index (χ2n) is 6.31. The Morgan fingerprint density at radius 2 is 2.00 bits per heavy atom. The monoisotopic (exact) mass is 274 g/mol. The molecule has 1 saturated carbocycles. The van der Waals surface area contributed by atoms with E-state index in [1.807, 2.05) is 0 Å². The van der Waals surface area contributed by atoms with E-state index in [1.165, 1.54) is 24.8 Å². The van der Waals surface area contributed by atoms with E-state index in [-0.39, 0.29) is 6.61 Å². The molecule has 1 saturated heterocycles. The first-order valence-corrected chi connectivity index (χ1v) is 7.94. The van der Waals surface area contributed by atoms with Crippen LogP contribution in [0.15, 0.2) is 30.3 Å². The van der Waals surface area contributed by atoms with E-state index in [1.54, 1.807) is 0 Å². The normalized spacial score (nSPS) is 28.7. The summed E-state index contributed by atoms with van der Waals surface area (Å²) in [6.45, 7) is 4.69. The third-order valence-electron chi connectivity index (χ3n) is 4.94. The highest BCUT2D eigenvalue weighted by molar-refractivity contribution is 5.19. The standard InChI is InChI=1S/C17H26N2O/c1-13(14-5-3-2-4-6-14)19-10-9-15(17(19)12-20)11-18-16-7-8-16/h2-6,13,15-18,20H,7-12H2,1H3/t13-,15?,17?/m0/s1. The molecule has 1 aliphatic carbocycles. The average Bonchev–Trinajstić information content (AvgIpc) is 3.24. The van der Waals surface area contributed by atoms with Crippen LogP contribution in [0.4, 0.5) is 0 Å². The fraction of sp³-hybridized carbons (Fsp3) is 0.647. The summed E-state index contributed by atoms with van der Waals surface area (Å²) < 4.78 is 0. The predicted molar refractivity (Wildman–Crippen MR) is 81.6 cm³/mol. The molecular weight excluding hydrogens is 248 g/mol. The molecule has 2 N–H and O–H groups in total. The number of aliphatic hydroxyl groups excluding tert-OH is 1. The Kier molecular flexibility index (Phi) is 4.39. The summed E-state index contributed by atoms with van der Waals surface area (Å²) in [6.07, 6.45) is 3.86. The third-order valence-corrected chi connectivity index (χ3v) is 4.94. The lowest BCUT2D eigenvalue weighted by molar-refractivity contribution is 0.105. The van der Waals surface area contributed by atoms with Gasteiger partial charge in [-0.1, -0.05) is 30.3 Å². The minimum absolute atomic E-state index is 0.272. The van der Waals surface area contributed by atoms with E-state index in [2.05, 4.69) is 47.5 Å². The van der Waals surface area contributed by atoms with Gasteiger partial charge in [-0.2, -0.15) is 0 Å². The molecule has 3 rings (SSSR count). The van der Waals surface area contributed by atoms with Crippen LogP contribution in [-0.2, 0) is 0 Å². The van der Waals surface area contributed by atoms with E-state index in [9.17, 15) is 5.11 Å². The molecule has 3 nitrogen and oxygen atoms in total. The second-order valence-corrected chi connectivity index (χ2v) is 6.31. The molecule has 1 heterocycles. The van der Waals surface area contributed by atoms with Crippen molar-refractivity contribution >= 4 is 0 Å². The van der Waals surface area contributed by atoms with Gasteiger partial charge in [0.15, 0.2) is 0 Å². The molecule has 20 heavy (non-hydrogen) atoms. The zero-order valence-electron chi connectivity index (χ0n) is 12.3. The predicted octanol–water partition coefficient (Wildman–Crippen LogP) is 2.18. The van der Waals surface area contributed by atoms with Crippen molar-refractivity contribution in [2.24, 2.45) is 5.92 Å². The van der Waals surface area contributed by atoms with Crippen LogP contribution in [0.3, 0.4) is 0 Å². The van der Waals surface area contributed by atoms with Crippen molar-refractivity contribution in [1.29, 1.82) is 0 Å². The highest BCUT2D eigenvalue weighted by Crippen LogP contribution is 2.32. The molecule has 3 heteroatoms. The van der Waals surface area contributed by atoms with E-state index < -0.39 is 0 Å². The molecule has 3 atom stereocenters. The van der Waals surface area contributed by atoms with Gasteiger partial charge in [-0.15, -0.1) is 0 Å². The fourth-order valence-corrected chi connectivity index (χ4v) is 3.45. The maximum Gasteiger partial charge on any atom is 0.0590 e. The van der Waals surface area contributed by atoms with Crippen LogP contribution in [0.1, 0.15) is 37.8 Å². The van der Waals surface area contributed by atoms with Gasteiger partial charge in [0.05, 0.1) is 6.61 Å². The summed E-state index contributed by atoms with van der Waals surface area (Å²) in [5.74, 6) is 0.590. The zero-order valence-corrected chi connectivity index (χ0v) is 12.3. The lowest BCUT2D eigenvalue weighted by Crippen LogP contribution is -2.40. The molecule has 0 radical (unpaired) electrons. The molecule has 1 aliphatic heterocycles. The van der Waals surface area contributed by atoms with Crippen LogP contribution in [0.2, 0.25) is 0 Å². The quantitative estimate of drug-likeness (QED) is 0.834.